The smallest absolute Gasteiger partial charge is 0.243 e. The molecule has 0 atom stereocenters. The number of sulfonamides is 2. The molecule has 0 saturated carbocycles. The molecule has 0 bridgehead atoms. The maximum Gasteiger partial charge on any atom is 0.243 e. The second-order valence-corrected chi connectivity index (χ2v) is 8.74. The summed E-state index contributed by atoms with van der Waals surface area (Å²) in [7, 11) is -5.00. The fourth-order valence-corrected chi connectivity index (χ4v) is 4.46. The van der Waals surface area contributed by atoms with Gasteiger partial charge in [0.05, 0.1) is 0 Å². The highest BCUT2D eigenvalue weighted by atomic mass is 32.2. The monoisotopic (exact) mass is 349 g/mol. The van der Waals surface area contributed by atoms with E-state index in [1.807, 2.05) is 6.92 Å². The Balaban J connectivity index is 3.01. The average molecular weight is 349 g/mol. The van der Waals surface area contributed by atoms with Gasteiger partial charge >= 0.3 is 0 Å². The number of hydrogen-bond acceptors (Lipinski definition) is 5. The molecule has 0 aromatic heterocycles. The third-order valence-electron chi connectivity index (χ3n) is 2.92. The highest BCUT2D eigenvalue weighted by molar-refractivity contribution is 7.92. The fourth-order valence-electron chi connectivity index (χ4n) is 1.74. The second-order valence-electron chi connectivity index (χ2n) is 4.88. The van der Waals surface area contributed by atoms with E-state index in [-0.39, 0.29) is 16.3 Å². The Morgan fingerprint density at radius 3 is 2.09 bits per heavy atom. The molecule has 126 valence electrons. The van der Waals surface area contributed by atoms with E-state index >= 15 is 0 Å². The van der Waals surface area contributed by atoms with Gasteiger partial charge in [-0.15, -0.1) is 0 Å². The van der Waals surface area contributed by atoms with E-state index in [0.717, 1.165) is 17.3 Å². The van der Waals surface area contributed by atoms with Crippen molar-refractivity contribution in [3.05, 3.63) is 24.3 Å². The Morgan fingerprint density at radius 2 is 1.55 bits per heavy atom. The molecule has 9 heteroatoms. The summed E-state index contributed by atoms with van der Waals surface area (Å²) in [5, 5.41) is 3.07. The number of rotatable bonds is 9. The Morgan fingerprint density at radius 1 is 0.955 bits per heavy atom. The molecule has 0 spiro atoms. The zero-order chi connectivity index (χ0) is 16.8. The summed E-state index contributed by atoms with van der Waals surface area (Å²) >= 11 is 0. The van der Waals surface area contributed by atoms with Crippen molar-refractivity contribution in [2.75, 3.05) is 33.7 Å². The van der Waals surface area contributed by atoms with E-state index < -0.39 is 20.0 Å². The van der Waals surface area contributed by atoms with Crippen LogP contribution in [-0.2, 0) is 20.0 Å². The maximum absolute atomic E-state index is 12.3. The van der Waals surface area contributed by atoms with Crippen molar-refractivity contribution in [1.29, 1.82) is 0 Å². The van der Waals surface area contributed by atoms with Crippen molar-refractivity contribution >= 4 is 20.0 Å². The molecular formula is C13H23N3O4S2. The van der Waals surface area contributed by atoms with E-state index in [0.29, 0.717) is 6.54 Å². The lowest BCUT2D eigenvalue weighted by molar-refractivity contribution is 0.516. The van der Waals surface area contributed by atoms with Gasteiger partial charge < -0.3 is 5.32 Å². The molecule has 0 unspecified atom stereocenters. The molecular weight excluding hydrogens is 326 g/mol. The average Bonchev–Trinajstić information content (AvgIpc) is 2.47. The molecule has 2 N–H and O–H groups in total. The van der Waals surface area contributed by atoms with Gasteiger partial charge in [-0.05, 0) is 25.1 Å². The van der Waals surface area contributed by atoms with E-state index in [1.54, 1.807) is 0 Å². The first kappa shape index (κ1) is 19.0. The molecule has 22 heavy (non-hydrogen) atoms. The van der Waals surface area contributed by atoms with Gasteiger partial charge in [0.2, 0.25) is 20.0 Å². The van der Waals surface area contributed by atoms with Crippen LogP contribution in [0.2, 0.25) is 0 Å². The van der Waals surface area contributed by atoms with Gasteiger partial charge in [-0.3, -0.25) is 0 Å². The highest BCUT2D eigenvalue weighted by Crippen LogP contribution is 2.22. The van der Waals surface area contributed by atoms with Gasteiger partial charge in [0, 0.05) is 27.2 Å². The predicted molar refractivity (Wildman–Crippen MR) is 85.7 cm³/mol. The number of benzene rings is 1. The van der Waals surface area contributed by atoms with Gasteiger partial charge in [-0.2, -0.15) is 0 Å². The van der Waals surface area contributed by atoms with Crippen LogP contribution in [0.1, 0.15) is 13.3 Å². The first-order valence-corrected chi connectivity index (χ1v) is 9.87. The predicted octanol–water partition coefficient (Wildman–Crippen LogP) is 0.215. The second kappa shape index (κ2) is 8.02. The summed E-state index contributed by atoms with van der Waals surface area (Å²) in [5.74, 6) is 0. The zero-order valence-corrected chi connectivity index (χ0v) is 14.7. The summed E-state index contributed by atoms with van der Waals surface area (Å²) in [5.41, 5.74) is 0. The Kier molecular flexibility index (Phi) is 6.95. The minimum atomic E-state index is -3.89. The van der Waals surface area contributed by atoms with Crippen molar-refractivity contribution in [3.8, 4) is 0 Å². The van der Waals surface area contributed by atoms with Gasteiger partial charge in [-0.1, -0.05) is 19.1 Å². The molecule has 0 heterocycles. The molecule has 0 amide bonds. The van der Waals surface area contributed by atoms with Crippen LogP contribution < -0.4 is 10.0 Å². The lowest BCUT2D eigenvalue weighted by atomic mass is 10.4. The van der Waals surface area contributed by atoms with Crippen LogP contribution in [0.5, 0.6) is 0 Å². The van der Waals surface area contributed by atoms with Crippen LogP contribution in [0.4, 0.5) is 0 Å². The molecule has 1 aromatic rings. The van der Waals surface area contributed by atoms with E-state index in [1.165, 1.54) is 38.4 Å². The maximum atomic E-state index is 12.3. The van der Waals surface area contributed by atoms with Crippen LogP contribution in [0.15, 0.2) is 34.1 Å². The molecule has 1 rings (SSSR count). The first-order valence-electron chi connectivity index (χ1n) is 6.95. The summed E-state index contributed by atoms with van der Waals surface area (Å²) in [6.45, 7) is 3.49. The normalized spacial score (nSPS) is 12.7. The molecule has 0 saturated heterocycles. The van der Waals surface area contributed by atoms with Crippen LogP contribution in [0.25, 0.3) is 0 Å². The molecule has 0 aliphatic carbocycles. The molecule has 0 aliphatic heterocycles. The lowest BCUT2D eigenvalue weighted by Crippen LogP contribution is -2.33. The van der Waals surface area contributed by atoms with Crippen molar-refractivity contribution in [2.24, 2.45) is 0 Å². The Hall–Kier alpha value is -1.00. The van der Waals surface area contributed by atoms with E-state index in [2.05, 4.69) is 10.0 Å². The quantitative estimate of drug-likeness (QED) is 0.622. The third kappa shape index (κ3) is 4.75. The van der Waals surface area contributed by atoms with Gasteiger partial charge in [-0.25, -0.2) is 25.9 Å². The minimum absolute atomic E-state index is 0.193. The number of nitrogens with one attached hydrogen (secondary N) is 2. The highest BCUT2D eigenvalue weighted by Gasteiger charge is 2.27. The van der Waals surface area contributed by atoms with Crippen LogP contribution in [-0.4, -0.2) is 54.9 Å². The number of nitrogens with zero attached hydrogens (tertiary/aromatic N) is 1. The first-order chi connectivity index (χ1) is 10.2. The van der Waals surface area contributed by atoms with Crippen LogP contribution in [0, 0.1) is 0 Å². The van der Waals surface area contributed by atoms with Gasteiger partial charge in [0.1, 0.15) is 9.79 Å². The van der Waals surface area contributed by atoms with Crippen molar-refractivity contribution in [1.82, 2.24) is 14.3 Å². The van der Waals surface area contributed by atoms with E-state index in [4.69, 9.17) is 0 Å². The largest absolute Gasteiger partial charge is 0.315 e. The lowest BCUT2D eigenvalue weighted by Gasteiger charge is -2.15. The van der Waals surface area contributed by atoms with Crippen LogP contribution >= 0.6 is 0 Å². The standard InChI is InChI=1S/C13H23N3O4S2/c1-4-9-14-10-11-15-21(17,18)12-7-5-6-8-13(12)22(19,20)16(2)3/h5-8,14-15H,4,9-11H2,1-3H3. The van der Waals surface area contributed by atoms with Crippen molar-refractivity contribution < 1.29 is 16.8 Å². The SMILES string of the molecule is CCCNCCNS(=O)(=O)c1ccccc1S(=O)(=O)N(C)C. The fraction of sp³-hybridized carbons (Fsp3) is 0.538. The van der Waals surface area contributed by atoms with Crippen LogP contribution in [0.3, 0.4) is 0 Å². The summed E-state index contributed by atoms with van der Waals surface area (Å²) in [4.78, 5) is -0.465. The topological polar surface area (TPSA) is 95.6 Å². The summed E-state index contributed by atoms with van der Waals surface area (Å²) in [6, 6.07) is 5.58. The van der Waals surface area contributed by atoms with Crippen molar-refractivity contribution in [2.45, 2.75) is 23.1 Å². The van der Waals surface area contributed by atoms with Gasteiger partial charge in [0.15, 0.2) is 0 Å². The van der Waals surface area contributed by atoms with E-state index in [9.17, 15) is 16.8 Å². The number of hydrogen-bond donors (Lipinski definition) is 2. The summed E-state index contributed by atoms with van der Waals surface area (Å²) in [6.07, 6.45) is 0.955. The minimum Gasteiger partial charge on any atom is -0.315 e. The molecule has 0 aliphatic rings. The molecule has 7 nitrogen and oxygen atoms in total. The Bertz CT molecular complexity index is 685. The van der Waals surface area contributed by atoms with Gasteiger partial charge in [0.25, 0.3) is 0 Å². The summed E-state index contributed by atoms with van der Waals surface area (Å²) < 4.78 is 52.5. The zero-order valence-electron chi connectivity index (χ0n) is 13.0. The molecule has 0 radical (unpaired) electrons. The molecule has 0 fully saturated rings. The van der Waals surface area contributed by atoms with Crippen molar-refractivity contribution in [3.63, 3.8) is 0 Å². The third-order valence-corrected chi connectivity index (χ3v) is 6.44. The Labute approximate surface area is 132 Å². The molecule has 1 aromatic carbocycles.